The maximum Gasteiger partial charge on any atom is 0.265 e. The summed E-state index contributed by atoms with van der Waals surface area (Å²) in [5, 5.41) is 5.51. The molecule has 0 aliphatic carbocycles. The van der Waals surface area contributed by atoms with Crippen LogP contribution in [0.3, 0.4) is 0 Å². The number of ether oxygens (including phenoxy) is 1. The van der Waals surface area contributed by atoms with Crippen LogP contribution < -0.4 is 15.4 Å². The van der Waals surface area contributed by atoms with Crippen LogP contribution in [0.1, 0.15) is 44.7 Å². The van der Waals surface area contributed by atoms with Crippen LogP contribution >= 0.6 is 0 Å². The molecule has 2 N–H and O–H groups in total. The highest BCUT2D eigenvalue weighted by Gasteiger charge is 2.16. The van der Waals surface area contributed by atoms with Crippen LogP contribution in [0, 0.1) is 6.92 Å². The van der Waals surface area contributed by atoms with E-state index in [1.807, 2.05) is 19.1 Å². The van der Waals surface area contributed by atoms with Crippen molar-refractivity contribution in [3.63, 3.8) is 0 Å². The van der Waals surface area contributed by atoms with Crippen LogP contribution in [0.25, 0.3) is 0 Å². The van der Waals surface area contributed by atoms with Gasteiger partial charge in [-0.1, -0.05) is 26.0 Å². The van der Waals surface area contributed by atoms with Crippen LogP contribution in [-0.2, 0) is 9.59 Å². The van der Waals surface area contributed by atoms with Gasteiger partial charge in [0, 0.05) is 18.3 Å². The zero-order valence-electron chi connectivity index (χ0n) is 15.9. The van der Waals surface area contributed by atoms with Gasteiger partial charge in [-0.2, -0.15) is 0 Å². The minimum atomic E-state index is -0.633. The van der Waals surface area contributed by atoms with Gasteiger partial charge in [0.25, 0.3) is 5.91 Å². The zero-order valence-corrected chi connectivity index (χ0v) is 15.9. The van der Waals surface area contributed by atoms with Crippen LogP contribution in [0.5, 0.6) is 5.75 Å². The van der Waals surface area contributed by atoms with E-state index >= 15 is 0 Å². The maximum atomic E-state index is 12.4. The SMILES string of the molecule is CC(=O)Nc1ccc(NC(=O)C(C)Oc2cc(C(C)C)ccc2C)cc1. The van der Waals surface area contributed by atoms with Gasteiger partial charge in [-0.15, -0.1) is 0 Å². The number of rotatable bonds is 6. The van der Waals surface area contributed by atoms with E-state index in [1.165, 1.54) is 12.5 Å². The topological polar surface area (TPSA) is 67.4 Å². The van der Waals surface area contributed by atoms with Crippen molar-refractivity contribution >= 4 is 23.2 Å². The van der Waals surface area contributed by atoms with Gasteiger partial charge in [0.2, 0.25) is 5.91 Å². The molecule has 0 spiro atoms. The first kappa shape index (κ1) is 19.5. The second kappa shape index (κ2) is 8.52. The van der Waals surface area contributed by atoms with E-state index in [1.54, 1.807) is 31.2 Å². The fourth-order valence-corrected chi connectivity index (χ4v) is 2.43. The highest BCUT2D eigenvalue weighted by atomic mass is 16.5. The molecule has 26 heavy (non-hydrogen) atoms. The standard InChI is InChI=1S/C21H26N2O3/c1-13(2)17-7-6-14(3)20(12-17)26-15(4)21(25)23-19-10-8-18(9-11-19)22-16(5)24/h6-13,15H,1-5H3,(H,22,24)(H,23,25). The minimum absolute atomic E-state index is 0.136. The molecule has 0 heterocycles. The Labute approximate surface area is 154 Å². The normalized spacial score (nSPS) is 11.8. The molecule has 0 saturated carbocycles. The summed E-state index contributed by atoms with van der Waals surface area (Å²) in [6.45, 7) is 9.38. The third-order valence-corrected chi connectivity index (χ3v) is 4.02. The molecule has 0 aliphatic heterocycles. The molecule has 2 amide bonds. The van der Waals surface area contributed by atoms with Crippen LogP contribution in [0.2, 0.25) is 0 Å². The molecular weight excluding hydrogens is 328 g/mol. The fraction of sp³-hybridized carbons (Fsp3) is 0.333. The van der Waals surface area contributed by atoms with E-state index in [2.05, 4.69) is 30.5 Å². The molecule has 0 radical (unpaired) electrons. The van der Waals surface area contributed by atoms with E-state index in [0.717, 1.165) is 11.3 Å². The Morgan fingerprint density at radius 1 is 0.923 bits per heavy atom. The average Bonchev–Trinajstić information content (AvgIpc) is 2.57. The van der Waals surface area contributed by atoms with Crippen LogP contribution in [0.15, 0.2) is 42.5 Å². The number of hydrogen-bond acceptors (Lipinski definition) is 3. The number of amides is 2. The van der Waals surface area contributed by atoms with Crippen LogP contribution in [0.4, 0.5) is 11.4 Å². The lowest BCUT2D eigenvalue weighted by molar-refractivity contribution is -0.122. The van der Waals surface area contributed by atoms with Crippen molar-refractivity contribution in [3.05, 3.63) is 53.6 Å². The van der Waals surface area contributed by atoms with Crippen molar-refractivity contribution in [2.24, 2.45) is 0 Å². The number of benzene rings is 2. The number of aryl methyl sites for hydroxylation is 1. The summed E-state index contributed by atoms with van der Waals surface area (Å²) >= 11 is 0. The van der Waals surface area contributed by atoms with Crippen molar-refractivity contribution in [2.75, 3.05) is 10.6 Å². The first-order valence-electron chi connectivity index (χ1n) is 8.72. The second-order valence-electron chi connectivity index (χ2n) is 6.69. The zero-order chi connectivity index (χ0) is 19.3. The third-order valence-electron chi connectivity index (χ3n) is 4.02. The highest BCUT2D eigenvalue weighted by molar-refractivity contribution is 5.94. The fourth-order valence-electron chi connectivity index (χ4n) is 2.43. The number of carbonyl (C=O) groups excluding carboxylic acids is 2. The van der Waals surface area contributed by atoms with Gasteiger partial charge < -0.3 is 15.4 Å². The molecule has 5 nitrogen and oxygen atoms in total. The minimum Gasteiger partial charge on any atom is -0.481 e. The van der Waals surface area contributed by atoms with Crippen molar-refractivity contribution < 1.29 is 14.3 Å². The van der Waals surface area contributed by atoms with E-state index in [-0.39, 0.29) is 11.8 Å². The molecule has 1 unspecified atom stereocenters. The molecule has 0 aromatic heterocycles. The van der Waals surface area contributed by atoms with E-state index in [0.29, 0.717) is 17.3 Å². The Kier molecular flexibility index (Phi) is 6.39. The summed E-state index contributed by atoms with van der Waals surface area (Å²) in [4.78, 5) is 23.4. The Morgan fingerprint density at radius 2 is 1.50 bits per heavy atom. The second-order valence-corrected chi connectivity index (χ2v) is 6.69. The summed E-state index contributed by atoms with van der Waals surface area (Å²) in [6.07, 6.45) is -0.633. The highest BCUT2D eigenvalue weighted by Crippen LogP contribution is 2.25. The predicted molar refractivity (Wildman–Crippen MR) is 105 cm³/mol. The first-order valence-corrected chi connectivity index (χ1v) is 8.72. The Balaban J connectivity index is 2.01. The summed E-state index contributed by atoms with van der Waals surface area (Å²) < 4.78 is 5.88. The maximum absolute atomic E-state index is 12.4. The Hall–Kier alpha value is -2.82. The van der Waals surface area contributed by atoms with Crippen molar-refractivity contribution in [2.45, 2.75) is 46.6 Å². The van der Waals surface area contributed by atoms with E-state index in [9.17, 15) is 9.59 Å². The first-order chi connectivity index (χ1) is 12.3. The summed E-state index contributed by atoms with van der Waals surface area (Å²) in [7, 11) is 0. The Bertz CT molecular complexity index is 782. The van der Waals surface area contributed by atoms with Crippen molar-refractivity contribution in [1.29, 1.82) is 0 Å². The van der Waals surface area contributed by atoms with Gasteiger partial charge in [-0.05, 0) is 61.2 Å². The predicted octanol–water partition coefficient (Wildman–Crippen LogP) is 4.48. The molecule has 0 bridgehead atoms. The molecule has 5 heteroatoms. The number of carbonyl (C=O) groups is 2. The van der Waals surface area contributed by atoms with Gasteiger partial charge in [0.05, 0.1) is 0 Å². The summed E-state index contributed by atoms with van der Waals surface area (Å²) in [5.74, 6) is 0.749. The molecule has 0 aliphatic rings. The number of nitrogens with one attached hydrogen (secondary N) is 2. The smallest absolute Gasteiger partial charge is 0.265 e. The quantitative estimate of drug-likeness (QED) is 0.803. The lowest BCUT2D eigenvalue weighted by atomic mass is 10.0. The molecule has 2 aromatic carbocycles. The van der Waals surface area contributed by atoms with Gasteiger partial charge in [-0.3, -0.25) is 9.59 Å². The molecule has 2 aromatic rings. The Morgan fingerprint density at radius 3 is 2.04 bits per heavy atom. The molecule has 138 valence electrons. The molecule has 0 fully saturated rings. The number of hydrogen-bond donors (Lipinski definition) is 2. The molecular formula is C21H26N2O3. The van der Waals surface area contributed by atoms with E-state index in [4.69, 9.17) is 4.74 Å². The molecule has 1 atom stereocenters. The van der Waals surface area contributed by atoms with Crippen molar-refractivity contribution in [3.8, 4) is 5.75 Å². The van der Waals surface area contributed by atoms with E-state index < -0.39 is 6.10 Å². The summed E-state index contributed by atoms with van der Waals surface area (Å²) in [6, 6.07) is 13.0. The number of anilines is 2. The lowest BCUT2D eigenvalue weighted by Gasteiger charge is -2.18. The van der Waals surface area contributed by atoms with Gasteiger partial charge in [0.15, 0.2) is 6.10 Å². The molecule has 0 saturated heterocycles. The van der Waals surface area contributed by atoms with Gasteiger partial charge >= 0.3 is 0 Å². The largest absolute Gasteiger partial charge is 0.481 e. The average molecular weight is 354 g/mol. The lowest BCUT2D eigenvalue weighted by Crippen LogP contribution is -2.30. The molecule has 2 rings (SSSR count). The van der Waals surface area contributed by atoms with Crippen LogP contribution in [-0.4, -0.2) is 17.9 Å². The third kappa shape index (κ3) is 5.34. The summed E-state index contributed by atoms with van der Waals surface area (Å²) in [5.41, 5.74) is 3.49. The van der Waals surface area contributed by atoms with Crippen molar-refractivity contribution in [1.82, 2.24) is 0 Å². The van der Waals surface area contributed by atoms with Gasteiger partial charge in [-0.25, -0.2) is 0 Å². The van der Waals surface area contributed by atoms with Gasteiger partial charge in [0.1, 0.15) is 5.75 Å². The monoisotopic (exact) mass is 354 g/mol.